The normalized spacial score (nSPS) is 14.6. The third kappa shape index (κ3) is 3.98. The van der Waals surface area contributed by atoms with Gasteiger partial charge in [0.25, 0.3) is 0 Å². The zero-order valence-electron chi connectivity index (χ0n) is 12.4. The number of carbonyl (C=O) groups excluding carboxylic acids is 1. The zero-order valence-corrected chi connectivity index (χ0v) is 13.2. The van der Waals surface area contributed by atoms with Crippen molar-refractivity contribution in [1.29, 1.82) is 0 Å². The molecule has 1 aromatic carbocycles. The van der Waals surface area contributed by atoms with Crippen LogP contribution in [-0.4, -0.2) is 30.5 Å². The summed E-state index contributed by atoms with van der Waals surface area (Å²) in [6.07, 6.45) is 5.57. The van der Waals surface area contributed by atoms with Gasteiger partial charge in [0.05, 0.1) is 6.54 Å². The number of nitrogens with one attached hydrogen (secondary N) is 2. The molecule has 0 aliphatic carbocycles. The van der Waals surface area contributed by atoms with Crippen LogP contribution in [-0.2, 0) is 4.79 Å². The predicted octanol–water partition coefficient (Wildman–Crippen LogP) is 3.18. The number of nitrogens with zero attached hydrogens (tertiary/aromatic N) is 2. The average molecular weight is 316 g/mol. The molecule has 1 amide bonds. The Kier molecular flexibility index (Phi) is 4.90. The van der Waals surface area contributed by atoms with Gasteiger partial charge in [-0.3, -0.25) is 4.79 Å². The summed E-state index contributed by atoms with van der Waals surface area (Å²) < 4.78 is 0. The molecule has 1 aliphatic rings. The lowest BCUT2D eigenvalue weighted by molar-refractivity contribution is -0.114. The molecular weight excluding hydrogens is 296 g/mol. The van der Waals surface area contributed by atoms with Crippen LogP contribution in [0, 0.1) is 0 Å². The Morgan fingerprint density at radius 1 is 1.18 bits per heavy atom. The Morgan fingerprint density at radius 3 is 2.64 bits per heavy atom. The van der Waals surface area contributed by atoms with Crippen molar-refractivity contribution < 1.29 is 4.79 Å². The maximum atomic E-state index is 11.9. The Bertz CT molecular complexity index is 591. The van der Waals surface area contributed by atoms with Crippen LogP contribution in [0.2, 0.25) is 0 Å². The number of benzene rings is 1. The van der Waals surface area contributed by atoms with Crippen LogP contribution in [0.25, 0.3) is 0 Å². The molecule has 116 valence electrons. The molecule has 3 rings (SSSR count). The van der Waals surface area contributed by atoms with Crippen molar-refractivity contribution in [1.82, 2.24) is 4.98 Å². The first-order valence-electron chi connectivity index (χ1n) is 7.59. The summed E-state index contributed by atoms with van der Waals surface area (Å²) >= 11 is 1.48. The fourth-order valence-corrected chi connectivity index (χ4v) is 3.11. The summed E-state index contributed by atoms with van der Waals surface area (Å²) in [6, 6.07) is 8.08. The molecule has 2 N–H and O–H groups in total. The topological polar surface area (TPSA) is 57.3 Å². The molecule has 1 saturated heterocycles. The van der Waals surface area contributed by atoms with Crippen LogP contribution in [0.5, 0.6) is 0 Å². The lowest BCUT2D eigenvalue weighted by atomic mass is 10.1. The van der Waals surface area contributed by atoms with Gasteiger partial charge in [-0.05, 0) is 43.5 Å². The van der Waals surface area contributed by atoms with Crippen LogP contribution >= 0.6 is 11.3 Å². The van der Waals surface area contributed by atoms with E-state index in [2.05, 4.69) is 32.7 Å². The van der Waals surface area contributed by atoms with Crippen LogP contribution < -0.4 is 15.5 Å². The number of aromatic nitrogens is 1. The molecule has 0 unspecified atom stereocenters. The first kappa shape index (κ1) is 14.8. The lowest BCUT2D eigenvalue weighted by Crippen LogP contribution is -2.29. The molecule has 5 nitrogen and oxygen atoms in total. The van der Waals surface area contributed by atoms with Crippen LogP contribution in [0.4, 0.5) is 16.5 Å². The monoisotopic (exact) mass is 316 g/mol. The molecule has 22 heavy (non-hydrogen) atoms. The molecular formula is C16H20N4OS. The van der Waals surface area contributed by atoms with Crippen molar-refractivity contribution in [2.24, 2.45) is 0 Å². The van der Waals surface area contributed by atoms with E-state index in [0.717, 1.165) is 23.9 Å². The maximum absolute atomic E-state index is 11.9. The van der Waals surface area contributed by atoms with E-state index < -0.39 is 0 Å². The number of rotatable bonds is 5. The SMILES string of the molecule is O=C(CNc1nccs1)Nc1ccc(N2CCCCC2)cc1. The molecule has 1 fully saturated rings. The van der Waals surface area contributed by atoms with E-state index in [9.17, 15) is 4.79 Å². The number of hydrogen-bond acceptors (Lipinski definition) is 5. The number of amides is 1. The van der Waals surface area contributed by atoms with E-state index in [-0.39, 0.29) is 12.5 Å². The highest BCUT2D eigenvalue weighted by Gasteiger charge is 2.10. The lowest BCUT2D eigenvalue weighted by Gasteiger charge is -2.28. The number of carbonyl (C=O) groups is 1. The van der Waals surface area contributed by atoms with Crippen molar-refractivity contribution in [3.05, 3.63) is 35.8 Å². The summed E-state index contributed by atoms with van der Waals surface area (Å²) in [7, 11) is 0. The van der Waals surface area contributed by atoms with E-state index in [4.69, 9.17) is 0 Å². The quantitative estimate of drug-likeness (QED) is 0.889. The molecule has 0 radical (unpaired) electrons. The van der Waals surface area contributed by atoms with Gasteiger partial charge in [-0.15, -0.1) is 11.3 Å². The first-order valence-corrected chi connectivity index (χ1v) is 8.47. The van der Waals surface area contributed by atoms with Gasteiger partial charge in [0.15, 0.2) is 5.13 Å². The Morgan fingerprint density at radius 2 is 1.95 bits per heavy atom. The molecule has 6 heteroatoms. The molecule has 0 bridgehead atoms. The summed E-state index contributed by atoms with van der Waals surface area (Å²) in [6.45, 7) is 2.48. The average Bonchev–Trinajstić information content (AvgIpc) is 3.08. The standard InChI is InChI=1S/C16H20N4OS/c21-15(12-18-16-17-8-11-22-16)19-13-4-6-14(7-5-13)20-9-2-1-3-10-20/h4-8,11H,1-3,9-10,12H2,(H,17,18)(H,19,21). The minimum absolute atomic E-state index is 0.0686. The minimum atomic E-state index is -0.0686. The highest BCUT2D eigenvalue weighted by molar-refractivity contribution is 7.13. The van der Waals surface area contributed by atoms with Gasteiger partial charge in [0.1, 0.15) is 0 Å². The second kappa shape index (κ2) is 7.26. The Hall–Kier alpha value is -2.08. The van der Waals surface area contributed by atoms with Gasteiger partial charge >= 0.3 is 0 Å². The van der Waals surface area contributed by atoms with Crippen molar-refractivity contribution >= 4 is 33.8 Å². The molecule has 0 atom stereocenters. The fourth-order valence-electron chi connectivity index (χ4n) is 2.58. The molecule has 1 aromatic heterocycles. The zero-order chi connectivity index (χ0) is 15.2. The smallest absolute Gasteiger partial charge is 0.243 e. The van der Waals surface area contributed by atoms with Gasteiger partial charge in [-0.1, -0.05) is 0 Å². The predicted molar refractivity (Wildman–Crippen MR) is 91.7 cm³/mol. The Balaban J connectivity index is 1.50. The largest absolute Gasteiger partial charge is 0.372 e. The number of piperidine rings is 1. The van der Waals surface area contributed by atoms with Gasteiger partial charge in [0.2, 0.25) is 5.91 Å². The molecule has 2 heterocycles. The highest BCUT2D eigenvalue weighted by Crippen LogP contribution is 2.21. The summed E-state index contributed by atoms with van der Waals surface area (Å²) in [5.74, 6) is -0.0686. The van der Waals surface area contributed by atoms with Gasteiger partial charge < -0.3 is 15.5 Å². The molecule has 0 saturated carbocycles. The van der Waals surface area contributed by atoms with Gasteiger partial charge in [-0.25, -0.2) is 4.98 Å². The van der Waals surface area contributed by atoms with Crippen molar-refractivity contribution in [2.45, 2.75) is 19.3 Å². The van der Waals surface area contributed by atoms with E-state index in [1.165, 1.54) is 36.3 Å². The van der Waals surface area contributed by atoms with E-state index in [0.29, 0.717) is 0 Å². The molecule has 1 aliphatic heterocycles. The second-order valence-electron chi connectivity index (χ2n) is 5.33. The van der Waals surface area contributed by atoms with Crippen LogP contribution in [0.1, 0.15) is 19.3 Å². The number of thiazole rings is 1. The van der Waals surface area contributed by atoms with Crippen LogP contribution in [0.3, 0.4) is 0 Å². The van der Waals surface area contributed by atoms with Crippen LogP contribution in [0.15, 0.2) is 35.8 Å². The van der Waals surface area contributed by atoms with Gasteiger partial charge in [0, 0.05) is 36.0 Å². The van der Waals surface area contributed by atoms with Crippen molar-refractivity contribution in [3.8, 4) is 0 Å². The number of anilines is 3. The van der Waals surface area contributed by atoms with Crippen molar-refractivity contribution in [3.63, 3.8) is 0 Å². The summed E-state index contributed by atoms with van der Waals surface area (Å²) in [5, 5.41) is 8.52. The third-order valence-corrected chi connectivity index (χ3v) is 4.44. The van der Waals surface area contributed by atoms with E-state index >= 15 is 0 Å². The third-order valence-electron chi connectivity index (χ3n) is 3.70. The highest BCUT2D eigenvalue weighted by atomic mass is 32.1. The minimum Gasteiger partial charge on any atom is -0.372 e. The Labute approximate surface area is 134 Å². The molecule has 2 aromatic rings. The van der Waals surface area contributed by atoms with Gasteiger partial charge in [-0.2, -0.15) is 0 Å². The summed E-state index contributed by atoms with van der Waals surface area (Å²) in [4.78, 5) is 18.4. The molecule has 0 spiro atoms. The number of hydrogen-bond donors (Lipinski definition) is 2. The maximum Gasteiger partial charge on any atom is 0.243 e. The summed E-state index contributed by atoms with van der Waals surface area (Å²) in [5.41, 5.74) is 2.06. The van der Waals surface area contributed by atoms with E-state index in [1.807, 2.05) is 17.5 Å². The van der Waals surface area contributed by atoms with E-state index in [1.54, 1.807) is 6.20 Å². The van der Waals surface area contributed by atoms with Crippen molar-refractivity contribution in [2.75, 3.05) is 35.2 Å². The second-order valence-corrected chi connectivity index (χ2v) is 6.23. The first-order chi connectivity index (χ1) is 10.8. The fraction of sp³-hybridized carbons (Fsp3) is 0.375.